The van der Waals surface area contributed by atoms with Gasteiger partial charge in [-0.3, -0.25) is 19.9 Å². The number of carbonyl (C=O) groups is 1. The first-order chi connectivity index (χ1) is 16.6. The highest BCUT2D eigenvalue weighted by Gasteiger charge is 2.20. The zero-order valence-corrected chi connectivity index (χ0v) is 18.5. The first-order valence-electron chi connectivity index (χ1n) is 11.2. The molecule has 34 heavy (non-hydrogen) atoms. The summed E-state index contributed by atoms with van der Waals surface area (Å²) in [6, 6.07) is 8.72. The summed E-state index contributed by atoms with van der Waals surface area (Å²) in [4.78, 5) is 30.2. The van der Waals surface area contributed by atoms with Crippen molar-refractivity contribution < 1.29 is 19.2 Å². The molecule has 3 heterocycles. The first-order valence-corrected chi connectivity index (χ1v) is 11.2. The molecule has 1 saturated heterocycles. The van der Waals surface area contributed by atoms with E-state index in [9.17, 15) is 14.9 Å². The van der Waals surface area contributed by atoms with Crippen molar-refractivity contribution in [2.45, 2.75) is 25.9 Å². The minimum atomic E-state index is -0.477. The lowest BCUT2D eigenvalue weighted by Gasteiger charge is -2.30. The molecule has 0 radical (unpaired) electrons. The Kier molecular flexibility index (Phi) is 6.09. The highest BCUT2D eigenvalue weighted by atomic mass is 16.7. The van der Waals surface area contributed by atoms with Gasteiger partial charge in [0.05, 0.1) is 17.2 Å². The SMILES string of the molecule is O=C(/C=C\c1cc([N+](=O)[O-])cc2c1OCOC2)Nc1ccc(N2CCCCC2)c2ccncc12. The standard InChI is InChI=1S/C25H24N4O5/c30-24(7-4-17-12-19(29(31)32)13-18-15-33-16-34-25(17)18)27-22-5-6-23(28-10-2-1-3-11-28)20-8-9-26-14-21(20)22/h4-9,12-14H,1-3,10-11,15-16H2,(H,27,30)/b7-4-. The summed E-state index contributed by atoms with van der Waals surface area (Å²) in [6.45, 7) is 2.31. The van der Waals surface area contributed by atoms with Gasteiger partial charge in [0, 0.05) is 71.3 Å². The Balaban J connectivity index is 1.41. The van der Waals surface area contributed by atoms with Crippen molar-refractivity contribution in [2.75, 3.05) is 30.1 Å². The summed E-state index contributed by atoms with van der Waals surface area (Å²) in [6.07, 6.45) is 9.99. The Morgan fingerprint density at radius 3 is 2.82 bits per heavy atom. The predicted octanol–water partition coefficient (Wildman–Crippen LogP) is 4.65. The van der Waals surface area contributed by atoms with E-state index in [1.807, 2.05) is 18.2 Å². The van der Waals surface area contributed by atoms with Gasteiger partial charge in [0.1, 0.15) is 5.75 Å². The number of carbonyl (C=O) groups excluding carboxylic acids is 1. The number of nitrogens with zero attached hydrogens (tertiary/aromatic N) is 3. The first kappa shape index (κ1) is 21.8. The summed E-state index contributed by atoms with van der Waals surface area (Å²) < 4.78 is 10.8. The lowest BCUT2D eigenvalue weighted by atomic mass is 10.0. The van der Waals surface area contributed by atoms with Gasteiger partial charge in [0.25, 0.3) is 5.69 Å². The molecule has 0 aliphatic carbocycles. The van der Waals surface area contributed by atoms with Crippen LogP contribution >= 0.6 is 0 Å². The van der Waals surface area contributed by atoms with Crippen LogP contribution in [0.4, 0.5) is 17.1 Å². The maximum absolute atomic E-state index is 12.8. The van der Waals surface area contributed by atoms with Gasteiger partial charge >= 0.3 is 0 Å². The van der Waals surface area contributed by atoms with E-state index in [1.54, 1.807) is 12.4 Å². The lowest BCUT2D eigenvalue weighted by Crippen LogP contribution is -2.29. The maximum atomic E-state index is 12.8. The Labute approximate surface area is 196 Å². The number of nitro benzene ring substituents is 1. The van der Waals surface area contributed by atoms with Gasteiger partial charge in [-0.1, -0.05) is 0 Å². The number of nitrogens with one attached hydrogen (secondary N) is 1. The number of aromatic nitrogens is 1. The van der Waals surface area contributed by atoms with Crippen molar-refractivity contribution >= 4 is 39.8 Å². The second kappa shape index (κ2) is 9.48. The van der Waals surface area contributed by atoms with Crippen LogP contribution in [0.25, 0.3) is 16.8 Å². The molecule has 174 valence electrons. The third-order valence-electron chi connectivity index (χ3n) is 6.10. The van der Waals surface area contributed by atoms with E-state index in [2.05, 4.69) is 15.2 Å². The number of piperidine rings is 1. The quantitative estimate of drug-likeness (QED) is 0.335. The van der Waals surface area contributed by atoms with Crippen LogP contribution < -0.4 is 15.0 Å². The summed E-state index contributed by atoms with van der Waals surface area (Å²) in [7, 11) is 0. The average Bonchev–Trinajstić information content (AvgIpc) is 2.87. The van der Waals surface area contributed by atoms with Crippen LogP contribution in [0.5, 0.6) is 5.75 Å². The van der Waals surface area contributed by atoms with E-state index in [-0.39, 0.29) is 25.0 Å². The molecule has 2 aromatic carbocycles. The monoisotopic (exact) mass is 460 g/mol. The van der Waals surface area contributed by atoms with Gasteiger partial charge in [-0.25, -0.2) is 0 Å². The number of hydrogen-bond donors (Lipinski definition) is 1. The smallest absolute Gasteiger partial charge is 0.270 e. The third kappa shape index (κ3) is 4.42. The molecule has 0 spiro atoms. The van der Waals surface area contributed by atoms with Gasteiger partial charge in [-0.05, 0) is 43.5 Å². The van der Waals surface area contributed by atoms with E-state index >= 15 is 0 Å². The lowest BCUT2D eigenvalue weighted by molar-refractivity contribution is -0.385. The van der Waals surface area contributed by atoms with Crippen LogP contribution in [0.15, 0.2) is 48.8 Å². The maximum Gasteiger partial charge on any atom is 0.270 e. The van der Waals surface area contributed by atoms with Crippen molar-refractivity contribution in [2.24, 2.45) is 0 Å². The van der Waals surface area contributed by atoms with Crippen molar-refractivity contribution in [3.8, 4) is 5.75 Å². The van der Waals surface area contributed by atoms with Crippen molar-refractivity contribution in [3.63, 3.8) is 0 Å². The zero-order chi connectivity index (χ0) is 23.5. The Hall–Kier alpha value is -3.98. The molecule has 9 heteroatoms. The molecule has 9 nitrogen and oxygen atoms in total. The molecule has 0 saturated carbocycles. The third-order valence-corrected chi connectivity index (χ3v) is 6.10. The van der Waals surface area contributed by atoms with E-state index in [1.165, 1.54) is 43.5 Å². The predicted molar refractivity (Wildman–Crippen MR) is 129 cm³/mol. The molecule has 1 aromatic heterocycles. The number of anilines is 2. The molecule has 1 fully saturated rings. The second-order valence-corrected chi connectivity index (χ2v) is 8.31. The van der Waals surface area contributed by atoms with Crippen LogP contribution in [0, 0.1) is 10.1 Å². The minimum Gasteiger partial charge on any atom is -0.467 e. The van der Waals surface area contributed by atoms with Crippen molar-refractivity contribution in [1.29, 1.82) is 0 Å². The summed E-state index contributed by atoms with van der Waals surface area (Å²) in [5.74, 6) is 0.129. The normalized spacial score (nSPS) is 15.7. The largest absolute Gasteiger partial charge is 0.467 e. The molecule has 1 amide bonds. The summed E-state index contributed by atoms with van der Waals surface area (Å²) in [5.41, 5.74) is 2.75. The van der Waals surface area contributed by atoms with Crippen molar-refractivity contribution in [3.05, 3.63) is 70.0 Å². The number of rotatable bonds is 5. The van der Waals surface area contributed by atoms with E-state index < -0.39 is 4.92 Å². The average molecular weight is 460 g/mol. The fraction of sp³-hybridized carbons (Fsp3) is 0.280. The molecular weight excluding hydrogens is 436 g/mol. The molecule has 0 unspecified atom stereocenters. The Bertz CT molecular complexity index is 1280. The molecule has 2 aliphatic rings. The number of pyridine rings is 1. The van der Waals surface area contributed by atoms with Gasteiger partial charge in [-0.2, -0.15) is 0 Å². The van der Waals surface area contributed by atoms with Crippen LogP contribution in [-0.2, 0) is 16.1 Å². The molecule has 1 N–H and O–H groups in total. The number of nitro groups is 1. The highest BCUT2D eigenvalue weighted by molar-refractivity contribution is 6.10. The molecule has 5 rings (SSSR count). The number of non-ortho nitro benzene ring substituents is 1. The topological polar surface area (TPSA) is 107 Å². The molecule has 0 atom stereocenters. The Morgan fingerprint density at radius 1 is 1.15 bits per heavy atom. The van der Waals surface area contributed by atoms with Gasteiger partial charge in [0.15, 0.2) is 6.79 Å². The fourth-order valence-corrected chi connectivity index (χ4v) is 4.49. The van der Waals surface area contributed by atoms with Gasteiger partial charge in [0.2, 0.25) is 5.91 Å². The van der Waals surface area contributed by atoms with Crippen molar-refractivity contribution in [1.82, 2.24) is 4.98 Å². The van der Waals surface area contributed by atoms with Crippen LogP contribution in [0.3, 0.4) is 0 Å². The highest BCUT2D eigenvalue weighted by Crippen LogP contribution is 2.35. The summed E-state index contributed by atoms with van der Waals surface area (Å²) in [5, 5.41) is 16.1. The Morgan fingerprint density at radius 2 is 2.00 bits per heavy atom. The van der Waals surface area contributed by atoms with E-state index in [4.69, 9.17) is 9.47 Å². The summed E-state index contributed by atoms with van der Waals surface area (Å²) >= 11 is 0. The number of ether oxygens (including phenoxy) is 2. The van der Waals surface area contributed by atoms with Gasteiger partial charge < -0.3 is 19.7 Å². The fourth-order valence-electron chi connectivity index (χ4n) is 4.49. The number of fused-ring (bicyclic) bond motifs is 2. The zero-order valence-electron chi connectivity index (χ0n) is 18.5. The minimum absolute atomic E-state index is 0.0558. The van der Waals surface area contributed by atoms with E-state index in [0.29, 0.717) is 22.6 Å². The molecule has 2 aliphatic heterocycles. The van der Waals surface area contributed by atoms with Crippen LogP contribution in [-0.4, -0.2) is 35.7 Å². The van der Waals surface area contributed by atoms with Crippen LogP contribution in [0.2, 0.25) is 0 Å². The van der Waals surface area contributed by atoms with Crippen LogP contribution in [0.1, 0.15) is 30.4 Å². The number of benzene rings is 2. The number of amides is 1. The molecule has 0 bridgehead atoms. The number of hydrogen-bond acceptors (Lipinski definition) is 7. The van der Waals surface area contributed by atoms with E-state index in [0.717, 1.165) is 29.5 Å². The molecule has 3 aromatic rings. The van der Waals surface area contributed by atoms with Gasteiger partial charge in [-0.15, -0.1) is 0 Å². The molecular formula is C25H24N4O5. The second-order valence-electron chi connectivity index (χ2n) is 8.31.